The van der Waals surface area contributed by atoms with E-state index in [0.29, 0.717) is 0 Å². The van der Waals surface area contributed by atoms with E-state index in [0.717, 1.165) is 5.56 Å². The summed E-state index contributed by atoms with van der Waals surface area (Å²) < 4.78 is 0. The monoisotopic (exact) mass is 270 g/mol. The Labute approximate surface area is 98.4 Å². The first-order valence-corrected chi connectivity index (χ1v) is 5.71. The third kappa shape index (κ3) is 3.30. The van der Waals surface area contributed by atoms with Crippen LogP contribution in [0.4, 0.5) is 0 Å². The van der Waals surface area contributed by atoms with E-state index in [-0.39, 0.29) is 16.3 Å². The molecule has 0 aliphatic rings. The van der Waals surface area contributed by atoms with Crippen molar-refractivity contribution in [2.24, 2.45) is 0 Å². The Hall–Kier alpha value is -0.900. The van der Waals surface area contributed by atoms with Gasteiger partial charge < -0.3 is 5.32 Å². The first kappa shape index (κ1) is 12.2. The first-order chi connectivity index (χ1) is 6.93. The number of nitrogens with zero attached hydrogens (tertiary/aromatic N) is 1. The molecule has 1 amide bonds. The maximum Gasteiger partial charge on any atom is 0.234 e. The van der Waals surface area contributed by atoms with Gasteiger partial charge in [-0.15, -0.1) is 0 Å². The van der Waals surface area contributed by atoms with Gasteiger partial charge in [0, 0.05) is 12.4 Å². The zero-order chi connectivity index (χ0) is 11.5. The van der Waals surface area contributed by atoms with E-state index in [9.17, 15) is 4.79 Å². The maximum absolute atomic E-state index is 11.6. The van der Waals surface area contributed by atoms with Gasteiger partial charge in [0.15, 0.2) is 0 Å². The van der Waals surface area contributed by atoms with Gasteiger partial charge in [0.1, 0.15) is 0 Å². The highest BCUT2D eigenvalue weighted by Crippen LogP contribution is 2.19. The third-order valence-electron chi connectivity index (χ3n) is 2.20. The smallest absolute Gasteiger partial charge is 0.234 e. The van der Waals surface area contributed by atoms with Crippen LogP contribution in [0.2, 0.25) is 0 Å². The molecule has 1 rings (SSSR count). The quantitative estimate of drug-likeness (QED) is 0.856. The van der Waals surface area contributed by atoms with Crippen molar-refractivity contribution in [2.75, 3.05) is 0 Å². The van der Waals surface area contributed by atoms with E-state index in [1.165, 1.54) is 0 Å². The van der Waals surface area contributed by atoms with Crippen molar-refractivity contribution < 1.29 is 4.79 Å². The molecule has 1 N–H and O–H groups in total. The second-order valence-electron chi connectivity index (χ2n) is 3.97. The number of hydrogen-bond acceptors (Lipinski definition) is 2. The summed E-state index contributed by atoms with van der Waals surface area (Å²) in [4.78, 5) is 15.3. The number of hydrogen-bond donors (Lipinski definition) is 1. The van der Waals surface area contributed by atoms with E-state index >= 15 is 0 Å². The number of halogens is 1. The van der Waals surface area contributed by atoms with Gasteiger partial charge in [-0.05, 0) is 38.5 Å². The van der Waals surface area contributed by atoms with Crippen LogP contribution in [0.1, 0.15) is 26.3 Å². The van der Waals surface area contributed by atoms with E-state index in [2.05, 4.69) is 26.2 Å². The average Bonchev–Trinajstić information content (AvgIpc) is 2.18. The maximum atomic E-state index is 11.6. The van der Waals surface area contributed by atoms with E-state index in [1.807, 2.05) is 26.0 Å². The predicted octanol–water partition coefficient (Wildman–Crippen LogP) is 2.22. The molecule has 1 atom stereocenters. The minimum Gasteiger partial charge on any atom is -0.346 e. The van der Waals surface area contributed by atoms with Gasteiger partial charge in [0.05, 0.1) is 10.4 Å². The van der Waals surface area contributed by atoms with E-state index < -0.39 is 0 Å². The van der Waals surface area contributed by atoms with Crippen molar-refractivity contribution in [1.29, 1.82) is 0 Å². The lowest BCUT2D eigenvalue weighted by atomic mass is 9.95. The molecule has 0 bridgehead atoms. The zero-order valence-corrected chi connectivity index (χ0v) is 10.7. The normalized spacial score (nSPS) is 13.3. The third-order valence-corrected chi connectivity index (χ3v) is 2.61. The molecule has 0 saturated heterocycles. The van der Waals surface area contributed by atoms with Crippen molar-refractivity contribution in [3.8, 4) is 0 Å². The number of aromatic nitrogens is 1. The van der Waals surface area contributed by atoms with Crippen LogP contribution in [-0.4, -0.2) is 15.7 Å². The van der Waals surface area contributed by atoms with Gasteiger partial charge in [0.25, 0.3) is 0 Å². The second-order valence-corrected chi connectivity index (χ2v) is 5.34. The lowest BCUT2D eigenvalue weighted by molar-refractivity contribution is -0.121. The topological polar surface area (TPSA) is 42.0 Å². The molecule has 82 valence electrons. The van der Waals surface area contributed by atoms with Crippen molar-refractivity contribution in [2.45, 2.75) is 31.1 Å². The molecule has 0 spiro atoms. The zero-order valence-electron chi connectivity index (χ0n) is 9.12. The average molecular weight is 271 g/mol. The largest absolute Gasteiger partial charge is 0.346 e. The summed E-state index contributed by atoms with van der Waals surface area (Å²) in [6, 6.07) is 3.80. The van der Waals surface area contributed by atoms with Gasteiger partial charge in [-0.3, -0.25) is 9.78 Å². The molecule has 4 heteroatoms. The summed E-state index contributed by atoms with van der Waals surface area (Å²) in [5.41, 5.74) is 0.668. The molecule has 1 aromatic heterocycles. The standard InChI is InChI=1S/C11H15BrN2O/c1-8(12)10(15)14-11(2,3)9-4-6-13-7-5-9/h4-8H,1-3H3,(H,14,15). The molecule has 0 aromatic carbocycles. The lowest BCUT2D eigenvalue weighted by Gasteiger charge is -2.27. The van der Waals surface area contributed by atoms with Gasteiger partial charge in [-0.1, -0.05) is 15.9 Å². The predicted molar refractivity (Wildman–Crippen MR) is 63.8 cm³/mol. The Morgan fingerprint density at radius 2 is 2.00 bits per heavy atom. The number of rotatable bonds is 3. The van der Waals surface area contributed by atoms with E-state index in [4.69, 9.17) is 0 Å². The Bertz CT molecular complexity index is 336. The summed E-state index contributed by atoms with van der Waals surface area (Å²) >= 11 is 3.24. The molecule has 0 radical (unpaired) electrons. The molecule has 1 aromatic rings. The molecule has 1 unspecified atom stereocenters. The van der Waals surface area contributed by atoms with Crippen LogP contribution in [0.3, 0.4) is 0 Å². The van der Waals surface area contributed by atoms with Crippen LogP contribution in [-0.2, 0) is 10.3 Å². The number of carbonyl (C=O) groups is 1. The van der Waals surface area contributed by atoms with Crippen LogP contribution in [0, 0.1) is 0 Å². The minimum atomic E-state index is -0.373. The van der Waals surface area contributed by atoms with Gasteiger partial charge in [0.2, 0.25) is 5.91 Å². The highest BCUT2D eigenvalue weighted by atomic mass is 79.9. The first-order valence-electron chi connectivity index (χ1n) is 4.80. The van der Waals surface area contributed by atoms with Crippen molar-refractivity contribution >= 4 is 21.8 Å². The van der Waals surface area contributed by atoms with Crippen molar-refractivity contribution in [1.82, 2.24) is 10.3 Å². The molecule has 1 heterocycles. The van der Waals surface area contributed by atoms with Crippen LogP contribution in [0.5, 0.6) is 0 Å². The molecular weight excluding hydrogens is 256 g/mol. The Balaban J connectivity index is 2.80. The Morgan fingerprint density at radius 3 is 2.47 bits per heavy atom. The number of nitrogens with one attached hydrogen (secondary N) is 1. The number of pyridine rings is 1. The van der Waals surface area contributed by atoms with Crippen molar-refractivity contribution in [3.05, 3.63) is 30.1 Å². The van der Waals surface area contributed by atoms with E-state index in [1.54, 1.807) is 19.3 Å². The lowest BCUT2D eigenvalue weighted by Crippen LogP contribution is -2.43. The van der Waals surface area contributed by atoms with Crippen LogP contribution in [0.25, 0.3) is 0 Å². The Kier molecular flexibility index (Phi) is 3.85. The SMILES string of the molecule is CC(Br)C(=O)NC(C)(C)c1ccncc1. The fourth-order valence-corrected chi connectivity index (χ4v) is 1.36. The van der Waals surface area contributed by atoms with Crippen LogP contribution >= 0.6 is 15.9 Å². The minimum absolute atomic E-state index is 0.0168. The van der Waals surface area contributed by atoms with Gasteiger partial charge in [-0.25, -0.2) is 0 Å². The molecule has 0 aliphatic carbocycles. The molecular formula is C11H15BrN2O. The van der Waals surface area contributed by atoms with Gasteiger partial charge >= 0.3 is 0 Å². The van der Waals surface area contributed by atoms with Crippen molar-refractivity contribution in [3.63, 3.8) is 0 Å². The fraction of sp³-hybridized carbons (Fsp3) is 0.455. The van der Waals surface area contributed by atoms with Crippen LogP contribution < -0.4 is 5.32 Å². The highest BCUT2D eigenvalue weighted by Gasteiger charge is 2.24. The van der Waals surface area contributed by atoms with Gasteiger partial charge in [-0.2, -0.15) is 0 Å². The molecule has 0 saturated carbocycles. The summed E-state index contributed by atoms with van der Waals surface area (Å²) in [5.74, 6) is -0.0168. The molecule has 3 nitrogen and oxygen atoms in total. The fourth-order valence-electron chi connectivity index (χ4n) is 1.25. The summed E-state index contributed by atoms with van der Waals surface area (Å²) in [7, 11) is 0. The number of alkyl halides is 1. The highest BCUT2D eigenvalue weighted by molar-refractivity contribution is 9.10. The number of amides is 1. The van der Waals surface area contributed by atoms with Crippen LogP contribution in [0.15, 0.2) is 24.5 Å². The molecule has 0 aliphatic heterocycles. The molecule has 15 heavy (non-hydrogen) atoms. The Morgan fingerprint density at radius 1 is 1.47 bits per heavy atom. The summed E-state index contributed by atoms with van der Waals surface area (Å²) in [6.07, 6.45) is 3.45. The molecule has 0 fully saturated rings. The summed E-state index contributed by atoms with van der Waals surface area (Å²) in [6.45, 7) is 5.74. The summed E-state index contributed by atoms with van der Waals surface area (Å²) in [5, 5.41) is 2.96. The number of carbonyl (C=O) groups excluding carboxylic acids is 1. The second kappa shape index (κ2) is 4.75.